The Morgan fingerprint density at radius 1 is 1.24 bits per heavy atom. The summed E-state index contributed by atoms with van der Waals surface area (Å²) < 4.78 is 1.94. The Labute approximate surface area is 150 Å². The largest absolute Gasteiger partial charge is 0.350 e. The molecule has 5 heteroatoms. The van der Waals surface area contributed by atoms with Gasteiger partial charge in [0.05, 0.1) is 11.7 Å². The van der Waals surface area contributed by atoms with Crippen molar-refractivity contribution in [3.8, 4) is 0 Å². The molecule has 1 saturated heterocycles. The number of hydrogen-bond donors (Lipinski definition) is 1. The van der Waals surface area contributed by atoms with Crippen LogP contribution in [0.15, 0.2) is 42.6 Å². The van der Waals surface area contributed by atoms with E-state index in [0.29, 0.717) is 12.3 Å². The number of nitrogens with zero attached hydrogens (tertiary/aromatic N) is 3. The topological polar surface area (TPSA) is 50.2 Å². The molecule has 0 radical (unpaired) electrons. The van der Waals surface area contributed by atoms with Gasteiger partial charge in [-0.3, -0.25) is 14.4 Å². The lowest BCUT2D eigenvalue weighted by Gasteiger charge is -2.31. The van der Waals surface area contributed by atoms with E-state index in [-0.39, 0.29) is 11.9 Å². The lowest BCUT2D eigenvalue weighted by molar-refractivity contribution is -0.123. The van der Waals surface area contributed by atoms with Gasteiger partial charge >= 0.3 is 0 Å². The molecule has 5 nitrogen and oxygen atoms in total. The van der Waals surface area contributed by atoms with Gasteiger partial charge in [-0.15, -0.1) is 0 Å². The van der Waals surface area contributed by atoms with E-state index in [2.05, 4.69) is 33.5 Å². The maximum Gasteiger partial charge on any atom is 0.220 e. The Hall–Kier alpha value is -2.14. The van der Waals surface area contributed by atoms with E-state index in [0.717, 1.165) is 38.0 Å². The zero-order valence-electron chi connectivity index (χ0n) is 15.2. The summed E-state index contributed by atoms with van der Waals surface area (Å²) >= 11 is 0. The van der Waals surface area contributed by atoms with Crippen molar-refractivity contribution in [2.45, 2.75) is 38.8 Å². The molecule has 1 aromatic heterocycles. The maximum atomic E-state index is 12.3. The Balaban J connectivity index is 1.41. The number of nitrogens with one attached hydrogen (secondary N) is 1. The molecule has 0 saturated carbocycles. The minimum atomic E-state index is 0.0682. The average molecular weight is 340 g/mol. The van der Waals surface area contributed by atoms with Gasteiger partial charge in [-0.05, 0) is 50.4 Å². The summed E-state index contributed by atoms with van der Waals surface area (Å²) in [5, 5.41) is 7.36. The Bertz CT molecular complexity index is 674. The summed E-state index contributed by atoms with van der Waals surface area (Å²) in [6, 6.07) is 12.3. The van der Waals surface area contributed by atoms with Crippen LogP contribution in [0, 0.1) is 5.92 Å². The zero-order chi connectivity index (χ0) is 17.6. The molecule has 1 amide bonds. The van der Waals surface area contributed by atoms with Crippen LogP contribution >= 0.6 is 0 Å². The Kier molecular flexibility index (Phi) is 5.87. The number of carbonyl (C=O) groups excluding carboxylic acids is 1. The SMILES string of the molecule is CC(NC(=O)CC1CCN(Cc2ccnn2C)CC1)c1ccccc1. The van der Waals surface area contributed by atoms with Crippen molar-refractivity contribution in [2.24, 2.45) is 13.0 Å². The monoisotopic (exact) mass is 340 g/mol. The van der Waals surface area contributed by atoms with Crippen LogP contribution in [0.25, 0.3) is 0 Å². The molecule has 134 valence electrons. The third kappa shape index (κ3) is 4.92. The number of carbonyl (C=O) groups is 1. The highest BCUT2D eigenvalue weighted by Crippen LogP contribution is 2.22. The molecule has 2 aromatic rings. The molecule has 25 heavy (non-hydrogen) atoms. The van der Waals surface area contributed by atoms with Gasteiger partial charge in [-0.2, -0.15) is 5.10 Å². The molecular formula is C20H28N4O. The third-order valence-electron chi connectivity index (χ3n) is 5.17. The fraction of sp³-hybridized carbons (Fsp3) is 0.500. The summed E-state index contributed by atoms with van der Waals surface area (Å²) in [7, 11) is 1.99. The highest BCUT2D eigenvalue weighted by atomic mass is 16.1. The molecule has 1 N–H and O–H groups in total. The van der Waals surface area contributed by atoms with Gasteiger partial charge in [0.25, 0.3) is 0 Å². The smallest absolute Gasteiger partial charge is 0.220 e. The standard InChI is InChI=1S/C20H28N4O/c1-16(18-6-4-3-5-7-18)22-20(25)14-17-9-12-24(13-10-17)15-19-8-11-21-23(19)2/h3-8,11,16-17H,9-10,12-15H2,1-2H3,(H,22,25). The van der Waals surface area contributed by atoms with Gasteiger partial charge in [-0.1, -0.05) is 30.3 Å². The van der Waals surface area contributed by atoms with Crippen molar-refractivity contribution in [1.29, 1.82) is 0 Å². The van der Waals surface area contributed by atoms with E-state index >= 15 is 0 Å². The van der Waals surface area contributed by atoms with Crippen molar-refractivity contribution in [3.05, 3.63) is 53.9 Å². The predicted octanol–water partition coefficient (Wildman–Crippen LogP) is 2.90. The van der Waals surface area contributed by atoms with Gasteiger partial charge in [-0.25, -0.2) is 0 Å². The van der Waals surface area contributed by atoms with E-state index in [1.807, 2.05) is 43.0 Å². The van der Waals surface area contributed by atoms with Gasteiger partial charge in [0.1, 0.15) is 0 Å². The van der Waals surface area contributed by atoms with Gasteiger partial charge < -0.3 is 5.32 Å². The van der Waals surface area contributed by atoms with E-state index in [9.17, 15) is 4.79 Å². The lowest BCUT2D eigenvalue weighted by atomic mass is 9.93. The normalized spacial score (nSPS) is 17.4. The molecule has 1 fully saturated rings. The minimum Gasteiger partial charge on any atom is -0.350 e. The van der Waals surface area contributed by atoms with E-state index in [1.54, 1.807) is 0 Å². The summed E-state index contributed by atoms with van der Waals surface area (Å²) in [5.74, 6) is 0.659. The quantitative estimate of drug-likeness (QED) is 0.880. The first-order chi connectivity index (χ1) is 12.1. The summed E-state index contributed by atoms with van der Waals surface area (Å²) in [5.41, 5.74) is 2.40. The summed E-state index contributed by atoms with van der Waals surface area (Å²) in [6.07, 6.45) is 4.66. The fourth-order valence-corrected chi connectivity index (χ4v) is 3.52. The zero-order valence-corrected chi connectivity index (χ0v) is 15.2. The lowest BCUT2D eigenvalue weighted by Crippen LogP contribution is -2.36. The molecule has 2 heterocycles. The number of hydrogen-bond acceptors (Lipinski definition) is 3. The first-order valence-electron chi connectivity index (χ1n) is 9.15. The first-order valence-corrected chi connectivity index (χ1v) is 9.15. The number of aryl methyl sites for hydroxylation is 1. The molecule has 1 atom stereocenters. The van der Waals surface area contributed by atoms with Crippen LogP contribution in [-0.2, 0) is 18.4 Å². The van der Waals surface area contributed by atoms with Crippen LogP contribution in [-0.4, -0.2) is 33.7 Å². The molecule has 1 unspecified atom stereocenters. The van der Waals surface area contributed by atoms with Gasteiger partial charge in [0.2, 0.25) is 5.91 Å². The highest BCUT2D eigenvalue weighted by Gasteiger charge is 2.22. The van der Waals surface area contributed by atoms with E-state index in [4.69, 9.17) is 0 Å². The third-order valence-corrected chi connectivity index (χ3v) is 5.17. The minimum absolute atomic E-state index is 0.0682. The second-order valence-corrected chi connectivity index (χ2v) is 7.07. The van der Waals surface area contributed by atoms with Crippen molar-refractivity contribution >= 4 is 5.91 Å². The number of amides is 1. The maximum absolute atomic E-state index is 12.3. The number of benzene rings is 1. The molecule has 1 aromatic carbocycles. The molecule has 3 rings (SSSR count). The molecule has 0 aliphatic carbocycles. The van der Waals surface area contributed by atoms with Gasteiger partial charge in [0, 0.05) is 26.2 Å². The highest BCUT2D eigenvalue weighted by molar-refractivity contribution is 5.76. The summed E-state index contributed by atoms with van der Waals surface area (Å²) in [4.78, 5) is 14.8. The van der Waals surface area contributed by atoms with Crippen LogP contribution in [0.3, 0.4) is 0 Å². The number of aromatic nitrogens is 2. The van der Waals surface area contributed by atoms with Crippen LogP contribution in [0.1, 0.15) is 43.5 Å². The fourth-order valence-electron chi connectivity index (χ4n) is 3.52. The second-order valence-electron chi connectivity index (χ2n) is 7.07. The van der Waals surface area contributed by atoms with Crippen molar-refractivity contribution in [1.82, 2.24) is 20.0 Å². The van der Waals surface area contributed by atoms with Crippen molar-refractivity contribution in [2.75, 3.05) is 13.1 Å². The van der Waals surface area contributed by atoms with Crippen molar-refractivity contribution < 1.29 is 4.79 Å². The Morgan fingerprint density at radius 2 is 1.96 bits per heavy atom. The summed E-state index contributed by atoms with van der Waals surface area (Å²) in [6.45, 7) is 5.10. The molecule has 0 bridgehead atoms. The molecule has 1 aliphatic rings. The number of rotatable bonds is 6. The molecule has 1 aliphatic heterocycles. The van der Waals surface area contributed by atoms with Crippen LogP contribution in [0.2, 0.25) is 0 Å². The predicted molar refractivity (Wildman–Crippen MR) is 98.8 cm³/mol. The molecule has 0 spiro atoms. The Morgan fingerprint density at radius 3 is 2.60 bits per heavy atom. The van der Waals surface area contributed by atoms with Crippen LogP contribution < -0.4 is 5.32 Å². The van der Waals surface area contributed by atoms with Gasteiger partial charge in [0.15, 0.2) is 0 Å². The first kappa shape index (κ1) is 17.7. The van der Waals surface area contributed by atoms with Crippen molar-refractivity contribution in [3.63, 3.8) is 0 Å². The van der Waals surface area contributed by atoms with Crippen LogP contribution in [0.5, 0.6) is 0 Å². The number of piperidine rings is 1. The average Bonchev–Trinajstić information content (AvgIpc) is 3.02. The van der Waals surface area contributed by atoms with E-state index in [1.165, 1.54) is 5.69 Å². The van der Waals surface area contributed by atoms with E-state index < -0.39 is 0 Å². The van der Waals surface area contributed by atoms with Crippen LogP contribution in [0.4, 0.5) is 0 Å². The molecular weight excluding hydrogens is 312 g/mol. The number of likely N-dealkylation sites (tertiary alicyclic amines) is 1. The second kappa shape index (κ2) is 8.30.